The Hall–Kier alpha value is -2.25. The zero-order valence-electron chi connectivity index (χ0n) is 11.2. The number of rotatable bonds is 4. The normalized spacial score (nSPS) is 10.4. The van der Waals surface area contributed by atoms with E-state index in [1.165, 1.54) is 0 Å². The Morgan fingerprint density at radius 3 is 2.79 bits per heavy atom. The molecule has 0 fully saturated rings. The highest BCUT2D eigenvalue weighted by molar-refractivity contribution is 5.30. The molecule has 4 nitrogen and oxygen atoms in total. The number of hydrogen-bond acceptors (Lipinski definition) is 4. The summed E-state index contributed by atoms with van der Waals surface area (Å²) in [5.41, 5.74) is 3.49. The fourth-order valence-electron chi connectivity index (χ4n) is 1.98. The minimum Gasteiger partial charge on any atom is -0.296 e. The molecule has 2 aromatic rings. The smallest absolute Gasteiger partial charge is 0.144 e. The average Bonchev–Trinajstić information content (AvgIpc) is 2.39. The number of nitriles is 1. The van der Waals surface area contributed by atoms with E-state index in [1.807, 2.05) is 44.3 Å². The standard InChI is InChI=1S/C15H16N4/c1-12-5-3-7-14(18-12)11-19(2)10-13-6-4-8-17-15(13)9-16/h3-8H,10-11H2,1-2H3. The van der Waals surface area contributed by atoms with Crippen LogP contribution in [0.1, 0.15) is 22.6 Å². The quantitative estimate of drug-likeness (QED) is 0.837. The van der Waals surface area contributed by atoms with Gasteiger partial charge in [0.2, 0.25) is 0 Å². The number of nitrogens with zero attached hydrogens (tertiary/aromatic N) is 4. The molecule has 0 aromatic carbocycles. The first-order valence-corrected chi connectivity index (χ1v) is 6.14. The van der Waals surface area contributed by atoms with Gasteiger partial charge >= 0.3 is 0 Å². The van der Waals surface area contributed by atoms with E-state index in [4.69, 9.17) is 5.26 Å². The molecule has 96 valence electrons. The van der Waals surface area contributed by atoms with Crippen LogP contribution in [0, 0.1) is 18.3 Å². The minimum atomic E-state index is 0.492. The van der Waals surface area contributed by atoms with E-state index in [0.29, 0.717) is 12.2 Å². The number of hydrogen-bond donors (Lipinski definition) is 0. The summed E-state index contributed by atoms with van der Waals surface area (Å²) >= 11 is 0. The first-order chi connectivity index (χ1) is 9.19. The molecule has 0 saturated heterocycles. The van der Waals surface area contributed by atoms with Crippen molar-refractivity contribution in [2.75, 3.05) is 7.05 Å². The lowest BCUT2D eigenvalue weighted by atomic mass is 10.2. The van der Waals surface area contributed by atoms with Crippen LogP contribution in [0.4, 0.5) is 0 Å². The van der Waals surface area contributed by atoms with Crippen molar-refractivity contribution in [2.45, 2.75) is 20.0 Å². The maximum Gasteiger partial charge on any atom is 0.144 e. The molecule has 0 spiro atoms. The van der Waals surface area contributed by atoms with Crippen LogP contribution in [0.5, 0.6) is 0 Å². The van der Waals surface area contributed by atoms with Gasteiger partial charge in [0.05, 0.1) is 5.69 Å². The third-order valence-electron chi connectivity index (χ3n) is 2.82. The van der Waals surface area contributed by atoms with Crippen molar-refractivity contribution in [2.24, 2.45) is 0 Å². The molecule has 2 heterocycles. The van der Waals surface area contributed by atoms with Crippen molar-refractivity contribution < 1.29 is 0 Å². The predicted molar refractivity (Wildman–Crippen MR) is 73.1 cm³/mol. The molecule has 0 bridgehead atoms. The van der Waals surface area contributed by atoms with Crippen molar-refractivity contribution in [1.82, 2.24) is 14.9 Å². The van der Waals surface area contributed by atoms with Gasteiger partial charge in [0, 0.05) is 30.5 Å². The van der Waals surface area contributed by atoms with Crippen LogP contribution < -0.4 is 0 Å². The van der Waals surface area contributed by atoms with Crippen LogP contribution in [0.3, 0.4) is 0 Å². The molecule has 2 aromatic heterocycles. The predicted octanol–water partition coefficient (Wildman–Crippen LogP) is 2.29. The SMILES string of the molecule is Cc1cccc(CN(C)Cc2cccnc2C#N)n1. The Balaban J connectivity index is 2.06. The van der Waals surface area contributed by atoms with E-state index in [-0.39, 0.29) is 0 Å². The third-order valence-corrected chi connectivity index (χ3v) is 2.82. The van der Waals surface area contributed by atoms with Gasteiger partial charge in [0.1, 0.15) is 11.8 Å². The van der Waals surface area contributed by atoms with Crippen LogP contribution in [0.15, 0.2) is 36.5 Å². The van der Waals surface area contributed by atoms with Gasteiger partial charge in [-0.3, -0.25) is 9.88 Å². The lowest BCUT2D eigenvalue weighted by molar-refractivity contribution is 0.314. The third kappa shape index (κ3) is 3.60. The summed E-state index contributed by atoms with van der Waals surface area (Å²) in [5.74, 6) is 0. The minimum absolute atomic E-state index is 0.492. The molecule has 0 radical (unpaired) electrons. The number of pyridine rings is 2. The topological polar surface area (TPSA) is 52.8 Å². The summed E-state index contributed by atoms with van der Waals surface area (Å²) < 4.78 is 0. The average molecular weight is 252 g/mol. The summed E-state index contributed by atoms with van der Waals surface area (Å²) in [6.45, 7) is 3.42. The van der Waals surface area contributed by atoms with Gasteiger partial charge in [-0.1, -0.05) is 12.1 Å². The molecule has 0 unspecified atom stereocenters. The van der Waals surface area contributed by atoms with Crippen molar-refractivity contribution in [3.8, 4) is 6.07 Å². The van der Waals surface area contributed by atoms with Crippen LogP contribution in [0.25, 0.3) is 0 Å². The molecule has 4 heteroatoms. The Labute approximate surface area is 113 Å². The lowest BCUT2D eigenvalue weighted by Gasteiger charge is -2.16. The molecule has 0 amide bonds. The van der Waals surface area contributed by atoms with Crippen molar-refractivity contribution in [1.29, 1.82) is 5.26 Å². The lowest BCUT2D eigenvalue weighted by Crippen LogP contribution is -2.19. The van der Waals surface area contributed by atoms with Gasteiger partial charge in [-0.05, 0) is 32.2 Å². The van der Waals surface area contributed by atoms with Crippen LogP contribution in [-0.4, -0.2) is 21.9 Å². The van der Waals surface area contributed by atoms with E-state index >= 15 is 0 Å². The zero-order chi connectivity index (χ0) is 13.7. The highest BCUT2D eigenvalue weighted by Gasteiger charge is 2.07. The Kier molecular flexibility index (Phi) is 4.22. The van der Waals surface area contributed by atoms with Gasteiger partial charge in [0.15, 0.2) is 0 Å². The fourth-order valence-corrected chi connectivity index (χ4v) is 1.98. The molecule has 2 rings (SSSR count). The highest BCUT2D eigenvalue weighted by atomic mass is 15.1. The summed E-state index contributed by atoms with van der Waals surface area (Å²) in [6, 6.07) is 11.9. The monoisotopic (exact) mass is 252 g/mol. The number of aromatic nitrogens is 2. The molecular weight excluding hydrogens is 236 g/mol. The van der Waals surface area contributed by atoms with Crippen LogP contribution in [0.2, 0.25) is 0 Å². The Morgan fingerprint density at radius 2 is 2.05 bits per heavy atom. The first kappa shape index (κ1) is 13.2. The van der Waals surface area contributed by atoms with Gasteiger partial charge in [0.25, 0.3) is 0 Å². The summed E-state index contributed by atoms with van der Waals surface area (Å²) in [5, 5.41) is 9.01. The summed E-state index contributed by atoms with van der Waals surface area (Å²) in [6.07, 6.45) is 1.64. The van der Waals surface area contributed by atoms with Crippen LogP contribution in [-0.2, 0) is 13.1 Å². The zero-order valence-corrected chi connectivity index (χ0v) is 11.2. The van der Waals surface area contributed by atoms with E-state index < -0.39 is 0 Å². The Bertz CT molecular complexity index is 601. The van der Waals surface area contributed by atoms with Gasteiger partial charge < -0.3 is 0 Å². The molecule has 0 atom stereocenters. The van der Waals surface area contributed by atoms with Crippen molar-refractivity contribution >= 4 is 0 Å². The van der Waals surface area contributed by atoms with Gasteiger partial charge in [-0.25, -0.2) is 4.98 Å². The maximum atomic E-state index is 9.01. The van der Waals surface area contributed by atoms with Crippen LogP contribution >= 0.6 is 0 Å². The molecule has 0 aliphatic rings. The van der Waals surface area contributed by atoms with Crippen molar-refractivity contribution in [3.63, 3.8) is 0 Å². The van der Waals surface area contributed by atoms with Gasteiger partial charge in [-0.15, -0.1) is 0 Å². The second-order valence-corrected chi connectivity index (χ2v) is 4.57. The van der Waals surface area contributed by atoms with Gasteiger partial charge in [-0.2, -0.15) is 5.26 Å². The van der Waals surface area contributed by atoms with E-state index in [9.17, 15) is 0 Å². The first-order valence-electron chi connectivity index (χ1n) is 6.14. The second kappa shape index (κ2) is 6.07. The summed E-state index contributed by atoms with van der Waals surface area (Å²) in [7, 11) is 2.01. The largest absolute Gasteiger partial charge is 0.296 e. The van der Waals surface area contributed by atoms with E-state index in [2.05, 4.69) is 20.9 Å². The summed E-state index contributed by atoms with van der Waals surface area (Å²) in [4.78, 5) is 10.7. The highest BCUT2D eigenvalue weighted by Crippen LogP contribution is 2.09. The Morgan fingerprint density at radius 1 is 1.21 bits per heavy atom. The maximum absolute atomic E-state index is 9.01. The van der Waals surface area contributed by atoms with E-state index in [1.54, 1.807) is 6.20 Å². The molecule has 0 aliphatic heterocycles. The van der Waals surface area contributed by atoms with Crippen molar-refractivity contribution in [3.05, 3.63) is 59.2 Å². The molecule has 0 aliphatic carbocycles. The van der Waals surface area contributed by atoms with E-state index in [0.717, 1.165) is 23.5 Å². The second-order valence-electron chi connectivity index (χ2n) is 4.57. The molecule has 0 saturated carbocycles. The molecule has 0 N–H and O–H groups in total. The molecular formula is C15H16N4. The molecule has 19 heavy (non-hydrogen) atoms. The fraction of sp³-hybridized carbons (Fsp3) is 0.267. The number of aryl methyl sites for hydroxylation is 1.